The van der Waals surface area contributed by atoms with Crippen LogP contribution in [0.4, 0.5) is 13.2 Å². The third-order valence-electron chi connectivity index (χ3n) is 10.8. The number of rotatable bonds is 4. The highest BCUT2D eigenvalue weighted by atomic mass is 19.4. The number of hydrogen-bond donors (Lipinski definition) is 2. The zero-order valence-electron chi connectivity index (χ0n) is 20.6. The smallest absolute Gasteiger partial charge is 0.390 e. The SMILES string of the molecule is C[C@H](CCC(C)(O)C(F)(F)F)[C@H]1CC[C@H]2[C@@H]3CC=C4C[C@@](C)(O)CCC4(C)[C@H]3CC[C@]12C. The van der Waals surface area contributed by atoms with Crippen molar-refractivity contribution in [3.05, 3.63) is 11.6 Å². The summed E-state index contributed by atoms with van der Waals surface area (Å²) in [4.78, 5) is 0. The number of fused-ring (bicyclic) bond motifs is 5. The fraction of sp³-hybridized carbons (Fsp3) is 0.926. The number of alkyl halides is 3. The van der Waals surface area contributed by atoms with E-state index in [1.807, 2.05) is 6.92 Å². The Kier molecular flexibility index (Phi) is 5.94. The maximum absolute atomic E-state index is 13.1. The van der Waals surface area contributed by atoms with Crippen LogP contribution in [0.3, 0.4) is 0 Å². The lowest BCUT2D eigenvalue weighted by Crippen LogP contribution is -2.52. The van der Waals surface area contributed by atoms with Crippen LogP contribution in [0.15, 0.2) is 11.6 Å². The molecule has 2 unspecified atom stereocenters. The zero-order valence-corrected chi connectivity index (χ0v) is 20.6. The third-order valence-corrected chi connectivity index (χ3v) is 10.8. The van der Waals surface area contributed by atoms with Gasteiger partial charge < -0.3 is 10.2 Å². The molecule has 2 N–H and O–H groups in total. The lowest BCUT2D eigenvalue weighted by Gasteiger charge is -2.59. The Morgan fingerprint density at radius 3 is 2.41 bits per heavy atom. The van der Waals surface area contributed by atoms with Crippen molar-refractivity contribution in [3.8, 4) is 0 Å². The molecule has 0 heterocycles. The first-order valence-corrected chi connectivity index (χ1v) is 12.8. The van der Waals surface area contributed by atoms with Gasteiger partial charge in [0.25, 0.3) is 0 Å². The summed E-state index contributed by atoms with van der Waals surface area (Å²) in [5.74, 6) is 2.57. The van der Waals surface area contributed by atoms with Gasteiger partial charge in [0.05, 0.1) is 5.60 Å². The van der Waals surface area contributed by atoms with Gasteiger partial charge in [-0.05, 0) is 118 Å². The first-order valence-electron chi connectivity index (χ1n) is 12.8. The molecule has 0 aromatic carbocycles. The van der Waals surface area contributed by atoms with E-state index in [1.54, 1.807) is 0 Å². The van der Waals surface area contributed by atoms with Crippen molar-refractivity contribution in [3.63, 3.8) is 0 Å². The molecule has 184 valence electrons. The van der Waals surface area contributed by atoms with Gasteiger partial charge >= 0.3 is 6.18 Å². The number of halogens is 3. The Balaban J connectivity index is 1.49. The Morgan fingerprint density at radius 1 is 1.06 bits per heavy atom. The maximum atomic E-state index is 13.1. The molecule has 32 heavy (non-hydrogen) atoms. The van der Waals surface area contributed by atoms with Crippen molar-refractivity contribution in [1.82, 2.24) is 0 Å². The Hall–Kier alpha value is -0.550. The maximum Gasteiger partial charge on any atom is 0.416 e. The van der Waals surface area contributed by atoms with Gasteiger partial charge in [-0.15, -0.1) is 0 Å². The highest BCUT2D eigenvalue weighted by molar-refractivity contribution is 5.26. The van der Waals surface area contributed by atoms with Crippen molar-refractivity contribution in [1.29, 1.82) is 0 Å². The average molecular weight is 457 g/mol. The molecule has 0 saturated heterocycles. The normalized spacial score (nSPS) is 47.0. The number of allylic oxidation sites excluding steroid dienone is 1. The fourth-order valence-corrected chi connectivity index (χ4v) is 8.63. The lowest BCUT2D eigenvalue weighted by atomic mass is 9.46. The summed E-state index contributed by atoms with van der Waals surface area (Å²) in [7, 11) is 0. The van der Waals surface area contributed by atoms with E-state index in [0.717, 1.165) is 45.4 Å². The molecular formula is C27H43F3O2. The molecule has 0 spiro atoms. The van der Waals surface area contributed by atoms with E-state index in [-0.39, 0.29) is 23.2 Å². The van der Waals surface area contributed by atoms with E-state index in [2.05, 4.69) is 26.8 Å². The molecule has 0 aromatic rings. The van der Waals surface area contributed by atoms with Gasteiger partial charge in [0.2, 0.25) is 0 Å². The summed E-state index contributed by atoms with van der Waals surface area (Å²) >= 11 is 0. The van der Waals surface area contributed by atoms with Crippen LogP contribution in [-0.4, -0.2) is 27.6 Å². The quantitative estimate of drug-likeness (QED) is 0.445. The molecular weight excluding hydrogens is 413 g/mol. The fourth-order valence-electron chi connectivity index (χ4n) is 8.63. The molecule has 5 heteroatoms. The van der Waals surface area contributed by atoms with E-state index in [1.165, 1.54) is 18.4 Å². The first kappa shape index (κ1) is 24.6. The molecule has 0 aliphatic heterocycles. The second-order valence-electron chi connectivity index (χ2n) is 12.9. The molecule has 0 amide bonds. The molecule has 4 rings (SSSR count). The molecule has 3 fully saturated rings. The van der Waals surface area contributed by atoms with Crippen LogP contribution >= 0.6 is 0 Å². The Morgan fingerprint density at radius 2 is 1.75 bits per heavy atom. The minimum absolute atomic E-state index is 0.186. The van der Waals surface area contributed by atoms with Crippen LogP contribution in [0.2, 0.25) is 0 Å². The van der Waals surface area contributed by atoms with Crippen molar-refractivity contribution < 1.29 is 23.4 Å². The predicted molar refractivity (Wildman–Crippen MR) is 121 cm³/mol. The highest BCUT2D eigenvalue weighted by Crippen LogP contribution is 2.67. The van der Waals surface area contributed by atoms with Gasteiger partial charge in [0, 0.05) is 0 Å². The van der Waals surface area contributed by atoms with Crippen LogP contribution in [0.1, 0.15) is 98.8 Å². The van der Waals surface area contributed by atoms with Gasteiger partial charge in [-0.3, -0.25) is 0 Å². The molecule has 0 aromatic heterocycles. The van der Waals surface area contributed by atoms with E-state index >= 15 is 0 Å². The van der Waals surface area contributed by atoms with Gasteiger partial charge in [-0.1, -0.05) is 32.4 Å². The first-order chi connectivity index (χ1) is 14.6. The van der Waals surface area contributed by atoms with Crippen molar-refractivity contribution in [2.24, 2.45) is 40.4 Å². The average Bonchev–Trinajstić information content (AvgIpc) is 3.03. The highest BCUT2D eigenvalue weighted by Gasteiger charge is 2.60. The largest absolute Gasteiger partial charge is 0.416 e. The summed E-state index contributed by atoms with van der Waals surface area (Å²) in [5, 5.41) is 20.6. The van der Waals surface area contributed by atoms with Gasteiger partial charge in [0.15, 0.2) is 5.60 Å². The summed E-state index contributed by atoms with van der Waals surface area (Å²) in [6, 6.07) is 0. The topological polar surface area (TPSA) is 40.5 Å². The Labute approximate surface area is 192 Å². The lowest BCUT2D eigenvalue weighted by molar-refractivity contribution is -0.256. The van der Waals surface area contributed by atoms with E-state index in [0.29, 0.717) is 30.1 Å². The van der Waals surface area contributed by atoms with Gasteiger partial charge in [-0.25, -0.2) is 0 Å². The van der Waals surface area contributed by atoms with Crippen molar-refractivity contribution in [2.45, 2.75) is 116 Å². The van der Waals surface area contributed by atoms with Crippen LogP contribution < -0.4 is 0 Å². The van der Waals surface area contributed by atoms with Crippen LogP contribution in [0.5, 0.6) is 0 Å². The van der Waals surface area contributed by atoms with E-state index in [9.17, 15) is 23.4 Å². The summed E-state index contributed by atoms with van der Waals surface area (Å²) < 4.78 is 39.4. The monoisotopic (exact) mass is 456 g/mol. The summed E-state index contributed by atoms with van der Waals surface area (Å²) in [6.45, 7) is 9.84. The predicted octanol–water partition coefficient (Wildman–Crippen LogP) is 7.05. The second-order valence-corrected chi connectivity index (χ2v) is 12.9. The molecule has 2 nitrogen and oxygen atoms in total. The molecule has 9 atom stereocenters. The number of hydrogen-bond acceptors (Lipinski definition) is 2. The Bertz CT molecular complexity index is 754. The minimum Gasteiger partial charge on any atom is -0.390 e. The number of aliphatic hydroxyl groups is 2. The van der Waals surface area contributed by atoms with E-state index in [4.69, 9.17) is 0 Å². The van der Waals surface area contributed by atoms with Crippen LogP contribution in [0.25, 0.3) is 0 Å². The molecule has 3 saturated carbocycles. The molecule has 0 radical (unpaired) electrons. The van der Waals surface area contributed by atoms with Crippen molar-refractivity contribution >= 4 is 0 Å². The van der Waals surface area contributed by atoms with Gasteiger partial charge in [-0.2, -0.15) is 13.2 Å². The summed E-state index contributed by atoms with van der Waals surface area (Å²) in [6.07, 6.45) is 6.52. The summed E-state index contributed by atoms with van der Waals surface area (Å²) in [5.41, 5.74) is -1.32. The van der Waals surface area contributed by atoms with Crippen LogP contribution in [0, 0.1) is 40.4 Å². The van der Waals surface area contributed by atoms with Crippen molar-refractivity contribution in [2.75, 3.05) is 0 Å². The zero-order chi connectivity index (χ0) is 23.7. The van der Waals surface area contributed by atoms with Crippen LogP contribution in [-0.2, 0) is 0 Å². The third kappa shape index (κ3) is 3.87. The van der Waals surface area contributed by atoms with E-state index < -0.39 is 17.4 Å². The second kappa shape index (κ2) is 7.73. The van der Waals surface area contributed by atoms with Gasteiger partial charge in [0.1, 0.15) is 0 Å². The minimum atomic E-state index is -4.57. The molecule has 4 aliphatic carbocycles. The molecule has 4 aliphatic rings. The molecule has 0 bridgehead atoms. The standard InChI is InChI=1S/C27H43F3O2/c1-17(10-13-26(5,32)27(28,29)30)20-8-9-21-19-7-6-18-16-23(2,31)14-15-24(18,3)22(19)11-12-25(20,21)4/h6,17,19-22,31-32H,7-16H2,1-5H3/t17-,19+,20-,21+,22+,23+,24?,25-,26?/m1/s1.